The molecule has 1 aromatic rings. The summed E-state index contributed by atoms with van der Waals surface area (Å²) in [6, 6.07) is 4.07. The molecule has 1 aliphatic carbocycles. The van der Waals surface area contributed by atoms with Crippen molar-refractivity contribution < 1.29 is 4.79 Å². The van der Waals surface area contributed by atoms with Gasteiger partial charge in [0.05, 0.1) is 0 Å². The number of rotatable bonds is 4. The van der Waals surface area contributed by atoms with Crippen LogP contribution in [-0.4, -0.2) is 17.1 Å². The summed E-state index contributed by atoms with van der Waals surface area (Å²) < 4.78 is 0. The molecule has 0 aliphatic heterocycles. The van der Waals surface area contributed by atoms with Gasteiger partial charge >= 0.3 is 6.03 Å². The molecule has 0 saturated heterocycles. The van der Waals surface area contributed by atoms with E-state index in [4.69, 9.17) is 0 Å². The SMILES string of the molecule is CC(C)[C@H]1CC[C@@H](C)C[C@H]1NC(=O)NCc1cccnc1. The summed E-state index contributed by atoms with van der Waals surface area (Å²) in [7, 11) is 0. The Hall–Kier alpha value is -1.58. The Bertz CT molecular complexity index is 447. The van der Waals surface area contributed by atoms with E-state index in [2.05, 4.69) is 36.4 Å². The first-order chi connectivity index (χ1) is 10.1. The number of nitrogens with one attached hydrogen (secondary N) is 2. The summed E-state index contributed by atoms with van der Waals surface area (Å²) in [6.45, 7) is 7.30. The van der Waals surface area contributed by atoms with Crippen molar-refractivity contribution >= 4 is 6.03 Å². The summed E-state index contributed by atoms with van der Waals surface area (Å²) in [5.74, 6) is 1.90. The second-order valence-corrected chi connectivity index (χ2v) is 6.62. The summed E-state index contributed by atoms with van der Waals surface area (Å²) in [4.78, 5) is 16.2. The van der Waals surface area contributed by atoms with Crippen LogP contribution in [0.3, 0.4) is 0 Å². The van der Waals surface area contributed by atoms with Crippen molar-refractivity contribution in [1.82, 2.24) is 15.6 Å². The van der Waals surface area contributed by atoms with Gasteiger partial charge in [-0.05, 0) is 42.2 Å². The van der Waals surface area contributed by atoms with Gasteiger partial charge in [-0.1, -0.05) is 33.3 Å². The molecule has 1 saturated carbocycles. The molecular weight excluding hydrogens is 262 g/mol. The maximum atomic E-state index is 12.1. The van der Waals surface area contributed by atoms with E-state index in [1.165, 1.54) is 12.8 Å². The minimum absolute atomic E-state index is 0.0661. The van der Waals surface area contributed by atoms with Crippen molar-refractivity contribution in [3.63, 3.8) is 0 Å². The van der Waals surface area contributed by atoms with Crippen LogP contribution in [0.5, 0.6) is 0 Å². The monoisotopic (exact) mass is 289 g/mol. The minimum Gasteiger partial charge on any atom is -0.335 e. The van der Waals surface area contributed by atoms with E-state index >= 15 is 0 Å². The Morgan fingerprint density at radius 1 is 1.43 bits per heavy atom. The standard InChI is InChI=1S/C17H27N3O/c1-12(2)15-7-6-13(3)9-16(15)20-17(21)19-11-14-5-4-8-18-10-14/h4-5,8,10,12-13,15-16H,6-7,9,11H2,1-3H3,(H2,19,20,21)/t13-,15-,16-/m1/s1. The Labute approximate surface area is 127 Å². The van der Waals surface area contributed by atoms with Gasteiger partial charge in [-0.15, -0.1) is 0 Å². The van der Waals surface area contributed by atoms with Crippen molar-refractivity contribution in [3.8, 4) is 0 Å². The number of carbonyl (C=O) groups is 1. The zero-order valence-corrected chi connectivity index (χ0v) is 13.3. The fourth-order valence-corrected chi connectivity index (χ4v) is 3.27. The Morgan fingerprint density at radius 3 is 2.90 bits per heavy atom. The molecule has 2 rings (SSSR count). The topological polar surface area (TPSA) is 54.0 Å². The van der Waals surface area contributed by atoms with Crippen molar-refractivity contribution in [2.24, 2.45) is 17.8 Å². The average molecular weight is 289 g/mol. The third kappa shape index (κ3) is 4.73. The second-order valence-electron chi connectivity index (χ2n) is 6.62. The molecule has 2 amide bonds. The molecule has 0 radical (unpaired) electrons. The highest BCUT2D eigenvalue weighted by atomic mass is 16.2. The lowest BCUT2D eigenvalue weighted by atomic mass is 9.74. The largest absolute Gasteiger partial charge is 0.335 e. The van der Waals surface area contributed by atoms with E-state index in [0.29, 0.717) is 30.3 Å². The van der Waals surface area contributed by atoms with Crippen LogP contribution in [0.15, 0.2) is 24.5 Å². The number of aromatic nitrogens is 1. The highest BCUT2D eigenvalue weighted by Gasteiger charge is 2.31. The van der Waals surface area contributed by atoms with Crippen molar-refractivity contribution in [1.29, 1.82) is 0 Å². The molecule has 4 nitrogen and oxygen atoms in total. The lowest BCUT2D eigenvalue weighted by molar-refractivity contribution is 0.168. The Morgan fingerprint density at radius 2 is 2.24 bits per heavy atom. The maximum Gasteiger partial charge on any atom is 0.315 e. The summed E-state index contributed by atoms with van der Waals surface area (Å²) in [5, 5.41) is 6.11. The van der Waals surface area contributed by atoms with Crippen molar-refractivity contribution in [2.75, 3.05) is 0 Å². The molecule has 4 heteroatoms. The summed E-state index contributed by atoms with van der Waals surface area (Å²) >= 11 is 0. The number of hydrogen-bond acceptors (Lipinski definition) is 2. The van der Waals surface area contributed by atoms with Crippen molar-refractivity contribution in [3.05, 3.63) is 30.1 Å². The zero-order chi connectivity index (χ0) is 15.2. The van der Waals surface area contributed by atoms with Crippen molar-refractivity contribution in [2.45, 2.75) is 52.6 Å². The van der Waals surface area contributed by atoms with Crippen LogP contribution in [0.2, 0.25) is 0 Å². The number of amides is 2. The zero-order valence-electron chi connectivity index (χ0n) is 13.3. The normalized spacial score (nSPS) is 25.6. The fourth-order valence-electron chi connectivity index (χ4n) is 3.27. The summed E-state index contributed by atoms with van der Waals surface area (Å²) in [6.07, 6.45) is 7.09. The first kappa shape index (κ1) is 15.8. The molecule has 0 aromatic carbocycles. The number of nitrogens with zero attached hydrogens (tertiary/aromatic N) is 1. The quantitative estimate of drug-likeness (QED) is 0.893. The predicted molar refractivity (Wildman–Crippen MR) is 84.7 cm³/mol. The highest BCUT2D eigenvalue weighted by Crippen LogP contribution is 2.33. The van der Waals surface area contributed by atoms with E-state index in [9.17, 15) is 4.79 Å². The third-order valence-corrected chi connectivity index (χ3v) is 4.51. The van der Waals surface area contributed by atoms with E-state index < -0.39 is 0 Å². The van der Waals surface area contributed by atoms with E-state index in [1.807, 2.05) is 12.1 Å². The molecule has 21 heavy (non-hydrogen) atoms. The van der Waals surface area contributed by atoms with Gasteiger partial charge in [-0.3, -0.25) is 4.98 Å². The molecule has 0 spiro atoms. The fraction of sp³-hybridized carbons (Fsp3) is 0.647. The number of pyridine rings is 1. The van der Waals surface area contributed by atoms with Crippen LogP contribution in [0, 0.1) is 17.8 Å². The molecular formula is C17H27N3O. The van der Waals surface area contributed by atoms with Crippen LogP contribution >= 0.6 is 0 Å². The molecule has 1 aromatic heterocycles. The van der Waals surface area contributed by atoms with E-state index in [-0.39, 0.29) is 6.03 Å². The van der Waals surface area contributed by atoms with Gasteiger partial charge in [0.1, 0.15) is 0 Å². The molecule has 1 fully saturated rings. The number of hydrogen-bond donors (Lipinski definition) is 2. The van der Waals surface area contributed by atoms with E-state index in [0.717, 1.165) is 12.0 Å². The first-order valence-corrected chi connectivity index (χ1v) is 7.99. The molecule has 1 heterocycles. The van der Waals surface area contributed by atoms with Gasteiger partial charge in [-0.2, -0.15) is 0 Å². The van der Waals surface area contributed by atoms with Gasteiger partial charge in [0.2, 0.25) is 0 Å². The number of carbonyl (C=O) groups excluding carboxylic acids is 1. The Kier molecular flexibility index (Phi) is 5.59. The highest BCUT2D eigenvalue weighted by molar-refractivity contribution is 5.74. The van der Waals surface area contributed by atoms with Crippen LogP contribution < -0.4 is 10.6 Å². The Balaban J connectivity index is 1.85. The number of urea groups is 1. The van der Waals surface area contributed by atoms with Gasteiger partial charge in [-0.25, -0.2) is 4.79 Å². The second kappa shape index (κ2) is 7.43. The van der Waals surface area contributed by atoms with Crippen LogP contribution in [0.4, 0.5) is 4.79 Å². The van der Waals surface area contributed by atoms with Crippen LogP contribution in [0.25, 0.3) is 0 Å². The molecule has 0 bridgehead atoms. The molecule has 2 N–H and O–H groups in total. The molecule has 1 aliphatic rings. The van der Waals surface area contributed by atoms with E-state index in [1.54, 1.807) is 12.4 Å². The van der Waals surface area contributed by atoms with Gasteiger partial charge < -0.3 is 10.6 Å². The maximum absolute atomic E-state index is 12.1. The predicted octanol–water partition coefficient (Wildman–Crippen LogP) is 3.34. The first-order valence-electron chi connectivity index (χ1n) is 7.99. The lowest BCUT2D eigenvalue weighted by Gasteiger charge is -2.37. The molecule has 0 unspecified atom stereocenters. The average Bonchev–Trinajstić information content (AvgIpc) is 2.46. The lowest BCUT2D eigenvalue weighted by Crippen LogP contribution is -2.49. The van der Waals surface area contributed by atoms with Crippen LogP contribution in [-0.2, 0) is 6.54 Å². The molecule has 116 valence electrons. The van der Waals surface area contributed by atoms with Gasteiger partial charge in [0, 0.05) is 25.0 Å². The smallest absolute Gasteiger partial charge is 0.315 e. The third-order valence-electron chi connectivity index (χ3n) is 4.51. The summed E-state index contributed by atoms with van der Waals surface area (Å²) in [5.41, 5.74) is 1.02. The van der Waals surface area contributed by atoms with Gasteiger partial charge in [0.25, 0.3) is 0 Å². The minimum atomic E-state index is -0.0661. The molecule has 3 atom stereocenters. The van der Waals surface area contributed by atoms with Crippen LogP contribution in [0.1, 0.15) is 45.6 Å². The van der Waals surface area contributed by atoms with Gasteiger partial charge in [0.15, 0.2) is 0 Å².